The summed E-state index contributed by atoms with van der Waals surface area (Å²) in [6, 6.07) is 0. The van der Waals surface area contributed by atoms with Gasteiger partial charge in [0.15, 0.2) is 0 Å². The van der Waals surface area contributed by atoms with Crippen LogP contribution in [0.1, 0.15) is 239 Å². The minimum atomic E-state index is 1.04. The second-order valence-corrected chi connectivity index (χ2v) is 13.1. The smallest absolute Gasteiger partial charge is 0.0414 e. The summed E-state index contributed by atoms with van der Waals surface area (Å²) in [5, 5.41) is 0. The van der Waals surface area contributed by atoms with E-state index in [1.54, 1.807) is 0 Å². The summed E-state index contributed by atoms with van der Waals surface area (Å²) in [5.41, 5.74) is 0. The van der Waals surface area contributed by atoms with Crippen molar-refractivity contribution in [2.75, 3.05) is 0 Å². The first-order valence-electron chi connectivity index (χ1n) is 18.8. The van der Waals surface area contributed by atoms with Crippen molar-refractivity contribution >= 4 is 0 Å². The zero-order valence-corrected chi connectivity index (χ0v) is 27.6. The fourth-order valence-electron chi connectivity index (χ4n) is 6.37. The van der Waals surface area contributed by atoms with Gasteiger partial charge in [0.25, 0.3) is 0 Å². The quantitative estimate of drug-likeness (QED) is 0.0720. The topological polar surface area (TPSA) is 0 Å². The van der Waals surface area contributed by atoms with E-state index in [0.717, 1.165) is 5.92 Å². The Bertz CT molecular complexity index is 365. The Labute approximate surface area is 244 Å². The van der Waals surface area contributed by atoms with Crippen LogP contribution in [0.5, 0.6) is 0 Å². The van der Waals surface area contributed by atoms with Gasteiger partial charge in [-0.3, -0.25) is 0 Å². The molecular formula is C38H78. The lowest BCUT2D eigenvalue weighted by Crippen LogP contribution is -2.01. The molecule has 0 fully saturated rings. The Morgan fingerprint density at radius 2 is 0.368 bits per heavy atom. The van der Waals surface area contributed by atoms with Gasteiger partial charge in [-0.15, -0.1) is 0 Å². The van der Waals surface area contributed by atoms with Crippen molar-refractivity contribution in [3.8, 4) is 0 Å². The van der Waals surface area contributed by atoms with E-state index in [9.17, 15) is 0 Å². The molecule has 0 unspecified atom stereocenters. The highest BCUT2D eigenvalue weighted by Crippen LogP contribution is 2.25. The van der Waals surface area contributed by atoms with Crippen LogP contribution >= 0.6 is 0 Å². The van der Waals surface area contributed by atoms with E-state index < -0.39 is 0 Å². The van der Waals surface area contributed by atoms with E-state index in [1.165, 1.54) is 218 Å². The zero-order chi connectivity index (χ0) is 27.6. The molecule has 0 bridgehead atoms. The number of hydrogen-bond acceptors (Lipinski definition) is 0. The molecule has 0 aromatic carbocycles. The van der Waals surface area contributed by atoms with E-state index in [4.69, 9.17) is 0 Å². The van der Waals surface area contributed by atoms with Gasteiger partial charge in [0.1, 0.15) is 0 Å². The first-order chi connectivity index (χ1) is 18.8. The molecule has 0 aliphatic heterocycles. The maximum absolute atomic E-state index is 2.32. The van der Waals surface area contributed by atoms with Gasteiger partial charge in [-0.25, -0.2) is 0 Å². The minimum Gasteiger partial charge on any atom is -0.0654 e. The molecule has 0 heteroatoms. The van der Waals surface area contributed by atoms with Gasteiger partial charge >= 0.3 is 0 Å². The monoisotopic (exact) mass is 535 g/mol. The predicted molar refractivity (Wildman–Crippen MR) is 177 cm³/mol. The van der Waals surface area contributed by atoms with Crippen molar-refractivity contribution in [3.63, 3.8) is 0 Å². The molecule has 0 amide bonds. The minimum absolute atomic E-state index is 1.04. The van der Waals surface area contributed by atoms with Crippen LogP contribution in [0.25, 0.3) is 0 Å². The highest BCUT2D eigenvalue weighted by Gasteiger charge is 2.09. The van der Waals surface area contributed by atoms with Crippen LogP contribution in [-0.4, -0.2) is 0 Å². The summed E-state index contributed by atoms with van der Waals surface area (Å²) in [4.78, 5) is 0. The predicted octanol–water partition coefficient (Wildman–Crippen LogP) is 14.9. The third kappa shape index (κ3) is 32.2. The summed E-state index contributed by atoms with van der Waals surface area (Å²) < 4.78 is 0. The van der Waals surface area contributed by atoms with E-state index in [2.05, 4.69) is 20.8 Å². The molecular weight excluding hydrogens is 456 g/mol. The van der Waals surface area contributed by atoms with Gasteiger partial charge in [-0.1, -0.05) is 239 Å². The standard InChI is InChI=1S/C38H78/c1-4-7-10-13-16-19-20-21-22-23-24-25-28-31-34-37-38(35-32-29-26-17-14-11-8-5-2)36-33-30-27-18-15-12-9-6-3/h38H,4-37H2,1-3H3. The van der Waals surface area contributed by atoms with Crippen molar-refractivity contribution in [2.24, 2.45) is 5.92 Å². The second-order valence-electron chi connectivity index (χ2n) is 13.1. The van der Waals surface area contributed by atoms with Gasteiger partial charge in [0.2, 0.25) is 0 Å². The van der Waals surface area contributed by atoms with Gasteiger partial charge < -0.3 is 0 Å². The number of hydrogen-bond donors (Lipinski definition) is 0. The lowest BCUT2D eigenvalue weighted by molar-refractivity contribution is 0.365. The Morgan fingerprint density at radius 3 is 0.553 bits per heavy atom. The summed E-state index contributed by atoms with van der Waals surface area (Å²) in [5.74, 6) is 1.04. The van der Waals surface area contributed by atoms with Crippen molar-refractivity contribution in [2.45, 2.75) is 239 Å². The summed E-state index contributed by atoms with van der Waals surface area (Å²) >= 11 is 0. The van der Waals surface area contributed by atoms with Crippen LogP contribution < -0.4 is 0 Å². The largest absolute Gasteiger partial charge is 0.0654 e. The van der Waals surface area contributed by atoms with E-state index in [1.807, 2.05) is 0 Å². The molecule has 0 N–H and O–H groups in total. The Morgan fingerprint density at radius 1 is 0.211 bits per heavy atom. The summed E-state index contributed by atoms with van der Waals surface area (Å²) in [7, 11) is 0. The summed E-state index contributed by atoms with van der Waals surface area (Å²) in [6.45, 7) is 6.96. The molecule has 0 aromatic heterocycles. The average molecular weight is 535 g/mol. The average Bonchev–Trinajstić information content (AvgIpc) is 2.93. The van der Waals surface area contributed by atoms with E-state index in [-0.39, 0.29) is 0 Å². The van der Waals surface area contributed by atoms with Crippen LogP contribution in [0, 0.1) is 5.92 Å². The van der Waals surface area contributed by atoms with Crippen molar-refractivity contribution in [3.05, 3.63) is 0 Å². The van der Waals surface area contributed by atoms with E-state index >= 15 is 0 Å². The lowest BCUT2D eigenvalue weighted by Gasteiger charge is -2.17. The number of rotatable bonds is 34. The van der Waals surface area contributed by atoms with Crippen LogP contribution in [0.2, 0.25) is 0 Å². The molecule has 0 spiro atoms. The molecule has 0 nitrogen and oxygen atoms in total. The lowest BCUT2D eigenvalue weighted by atomic mass is 9.89. The molecule has 0 saturated heterocycles. The molecule has 0 rings (SSSR count). The third-order valence-corrected chi connectivity index (χ3v) is 9.15. The molecule has 0 heterocycles. The van der Waals surface area contributed by atoms with Crippen LogP contribution in [0.4, 0.5) is 0 Å². The van der Waals surface area contributed by atoms with Gasteiger partial charge in [0, 0.05) is 0 Å². The zero-order valence-electron chi connectivity index (χ0n) is 27.6. The fourth-order valence-corrected chi connectivity index (χ4v) is 6.37. The molecule has 0 aromatic rings. The van der Waals surface area contributed by atoms with Crippen LogP contribution in [0.15, 0.2) is 0 Å². The highest BCUT2D eigenvalue weighted by molar-refractivity contribution is 4.62. The molecule has 0 atom stereocenters. The Hall–Kier alpha value is 0. The van der Waals surface area contributed by atoms with Crippen LogP contribution in [-0.2, 0) is 0 Å². The van der Waals surface area contributed by atoms with Gasteiger partial charge in [-0.05, 0) is 5.92 Å². The molecule has 0 aliphatic carbocycles. The molecule has 0 saturated carbocycles. The molecule has 0 aliphatic rings. The normalized spacial score (nSPS) is 11.7. The third-order valence-electron chi connectivity index (χ3n) is 9.15. The fraction of sp³-hybridized carbons (Fsp3) is 1.00. The Kier molecular flexibility index (Phi) is 35.0. The van der Waals surface area contributed by atoms with Crippen molar-refractivity contribution in [1.29, 1.82) is 0 Å². The van der Waals surface area contributed by atoms with Gasteiger partial charge in [0.05, 0.1) is 0 Å². The van der Waals surface area contributed by atoms with Crippen molar-refractivity contribution in [1.82, 2.24) is 0 Å². The van der Waals surface area contributed by atoms with E-state index in [0.29, 0.717) is 0 Å². The second kappa shape index (κ2) is 35.0. The molecule has 230 valence electrons. The molecule has 0 radical (unpaired) electrons. The maximum Gasteiger partial charge on any atom is -0.0414 e. The van der Waals surface area contributed by atoms with Crippen LogP contribution in [0.3, 0.4) is 0 Å². The first-order valence-corrected chi connectivity index (χ1v) is 18.8. The number of unbranched alkanes of at least 4 members (excludes halogenated alkanes) is 28. The SMILES string of the molecule is CCCCCCCCCCCCCCCCCC(CCCCCCCCCC)CCCCCCCCCC. The first kappa shape index (κ1) is 38.0. The Balaban J connectivity index is 3.77. The molecule has 38 heavy (non-hydrogen) atoms. The van der Waals surface area contributed by atoms with Crippen molar-refractivity contribution < 1.29 is 0 Å². The maximum atomic E-state index is 2.32. The highest BCUT2D eigenvalue weighted by atomic mass is 14.1. The van der Waals surface area contributed by atoms with Gasteiger partial charge in [-0.2, -0.15) is 0 Å². The summed E-state index contributed by atoms with van der Waals surface area (Å²) in [6.07, 6.45) is 50.3.